The van der Waals surface area contributed by atoms with Gasteiger partial charge in [0.1, 0.15) is 5.76 Å². The Morgan fingerprint density at radius 3 is 2.72 bits per heavy atom. The molecule has 1 unspecified atom stereocenters. The largest absolute Gasteiger partial charge is 0.468 e. The zero-order chi connectivity index (χ0) is 13.4. The molecule has 1 aromatic rings. The first kappa shape index (κ1) is 15.2. The van der Waals surface area contributed by atoms with Crippen molar-refractivity contribution in [3.05, 3.63) is 24.2 Å². The van der Waals surface area contributed by atoms with Gasteiger partial charge in [-0.2, -0.15) is 0 Å². The Hall–Kier alpha value is -0.840. The second kappa shape index (κ2) is 8.29. The number of nitrogens with one attached hydrogen (secondary N) is 1. The van der Waals surface area contributed by atoms with E-state index in [0.717, 1.165) is 32.0 Å². The van der Waals surface area contributed by atoms with Crippen molar-refractivity contribution in [1.82, 2.24) is 10.2 Å². The molecule has 1 N–H and O–H groups in total. The van der Waals surface area contributed by atoms with E-state index < -0.39 is 0 Å². The molecule has 0 fully saturated rings. The van der Waals surface area contributed by atoms with Gasteiger partial charge >= 0.3 is 0 Å². The van der Waals surface area contributed by atoms with Crippen molar-refractivity contribution in [3.8, 4) is 0 Å². The van der Waals surface area contributed by atoms with E-state index in [4.69, 9.17) is 9.15 Å². The molecular formula is C14H26N2O2. The van der Waals surface area contributed by atoms with Crippen molar-refractivity contribution >= 4 is 0 Å². The molecule has 0 aliphatic carbocycles. The van der Waals surface area contributed by atoms with Crippen molar-refractivity contribution in [2.45, 2.75) is 39.4 Å². The van der Waals surface area contributed by atoms with E-state index in [1.165, 1.54) is 0 Å². The first-order chi connectivity index (χ1) is 8.65. The molecule has 104 valence electrons. The van der Waals surface area contributed by atoms with Crippen molar-refractivity contribution in [1.29, 1.82) is 0 Å². The van der Waals surface area contributed by atoms with E-state index in [-0.39, 0.29) is 0 Å². The SMILES string of the molecule is COCCN(C(C)C)C(C)CNCc1ccco1. The molecule has 1 aromatic heterocycles. The Balaban J connectivity index is 2.29. The molecule has 0 saturated carbocycles. The Morgan fingerprint density at radius 1 is 1.39 bits per heavy atom. The minimum absolute atomic E-state index is 0.482. The third-order valence-electron chi connectivity index (χ3n) is 3.10. The van der Waals surface area contributed by atoms with E-state index in [1.807, 2.05) is 12.1 Å². The van der Waals surface area contributed by atoms with Gasteiger partial charge in [-0.05, 0) is 32.9 Å². The number of methoxy groups -OCH3 is 1. The standard InChI is InChI=1S/C14H26N2O2/c1-12(2)16(7-9-17-4)13(3)10-15-11-14-6-5-8-18-14/h5-6,8,12-13,15H,7,9-11H2,1-4H3. The number of rotatable bonds is 9. The third kappa shape index (κ3) is 5.21. The molecule has 0 saturated heterocycles. The number of hydrogen-bond acceptors (Lipinski definition) is 4. The van der Waals surface area contributed by atoms with E-state index in [0.29, 0.717) is 12.1 Å². The molecule has 0 aliphatic rings. The minimum atomic E-state index is 0.482. The van der Waals surface area contributed by atoms with Crippen molar-refractivity contribution in [2.75, 3.05) is 26.8 Å². The van der Waals surface area contributed by atoms with Gasteiger partial charge in [0.25, 0.3) is 0 Å². The Morgan fingerprint density at radius 2 is 2.17 bits per heavy atom. The van der Waals surface area contributed by atoms with Gasteiger partial charge in [-0.1, -0.05) is 0 Å². The van der Waals surface area contributed by atoms with Crippen molar-refractivity contribution < 1.29 is 9.15 Å². The van der Waals surface area contributed by atoms with Gasteiger partial charge in [-0.15, -0.1) is 0 Å². The molecule has 0 aromatic carbocycles. The topological polar surface area (TPSA) is 37.6 Å². The predicted molar refractivity (Wildman–Crippen MR) is 73.6 cm³/mol. The number of ether oxygens (including phenoxy) is 1. The van der Waals surface area contributed by atoms with E-state index in [9.17, 15) is 0 Å². The summed E-state index contributed by atoms with van der Waals surface area (Å²) in [5, 5.41) is 3.42. The Labute approximate surface area is 110 Å². The molecular weight excluding hydrogens is 228 g/mol. The van der Waals surface area contributed by atoms with Crippen LogP contribution in [0.5, 0.6) is 0 Å². The molecule has 0 amide bonds. The monoisotopic (exact) mass is 254 g/mol. The maximum absolute atomic E-state index is 5.29. The summed E-state index contributed by atoms with van der Waals surface area (Å²) in [6.45, 7) is 10.2. The van der Waals surface area contributed by atoms with E-state index in [1.54, 1.807) is 13.4 Å². The molecule has 4 heteroatoms. The van der Waals surface area contributed by atoms with Crippen LogP contribution in [0.3, 0.4) is 0 Å². The van der Waals surface area contributed by atoms with Crippen LogP contribution >= 0.6 is 0 Å². The smallest absolute Gasteiger partial charge is 0.117 e. The van der Waals surface area contributed by atoms with Crippen LogP contribution < -0.4 is 5.32 Å². The van der Waals surface area contributed by atoms with Gasteiger partial charge in [0.05, 0.1) is 19.4 Å². The summed E-state index contributed by atoms with van der Waals surface area (Å²) in [6, 6.07) is 4.91. The minimum Gasteiger partial charge on any atom is -0.468 e. The van der Waals surface area contributed by atoms with Crippen LogP contribution in [0, 0.1) is 0 Å². The maximum Gasteiger partial charge on any atom is 0.117 e. The summed E-state index contributed by atoms with van der Waals surface area (Å²) in [5.41, 5.74) is 0. The van der Waals surface area contributed by atoms with Crippen LogP contribution in [-0.2, 0) is 11.3 Å². The lowest BCUT2D eigenvalue weighted by molar-refractivity contribution is 0.101. The third-order valence-corrected chi connectivity index (χ3v) is 3.10. The summed E-state index contributed by atoms with van der Waals surface area (Å²) < 4.78 is 10.5. The van der Waals surface area contributed by atoms with Gasteiger partial charge < -0.3 is 14.5 Å². The van der Waals surface area contributed by atoms with Crippen LogP contribution in [0.4, 0.5) is 0 Å². The molecule has 1 atom stereocenters. The highest BCUT2D eigenvalue weighted by Crippen LogP contribution is 2.05. The fourth-order valence-corrected chi connectivity index (χ4v) is 2.12. The summed E-state index contributed by atoms with van der Waals surface area (Å²) in [6.07, 6.45) is 1.71. The average molecular weight is 254 g/mol. The second-order valence-electron chi connectivity index (χ2n) is 4.88. The highest BCUT2D eigenvalue weighted by atomic mass is 16.5. The van der Waals surface area contributed by atoms with Crippen molar-refractivity contribution in [2.24, 2.45) is 0 Å². The first-order valence-corrected chi connectivity index (χ1v) is 6.63. The van der Waals surface area contributed by atoms with Gasteiger partial charge in [-0.3, -0.25) is 4.90 Å². The highest BCUT2D eigenvalue weighted by Gasteiger charge is 2.16. The lowest BCUT2D eigenvalue weighted by atomic mass is 10.2. The zero-order valence-electron chi connectivity index (χ0n) is 12.0. The number of nitrogens with zero attached hydrogens (tertiary/aromatic N) is 1. The van der Waals surface area contributed by atoms with Crippen LogP contribution in [-0.4, -0.2) is 43.8 Å². The normalized spacial score (nSPS) is 13.4. The van der Waals surface area contributed by atoms with Gasteiger partial charge in [0, 0.05) is 32.3 Å². The summed E-state index contributed by atoms with van der Waals surface area (Å²) in [5.74, 6) is 0.982. The summed E-state index contributed by atoms with van der Waals surface area (Å²) in [4.78, 5) is 2.44. The zero-order valence-corrected chi connectivity index (χ0v) is 12.0. The summed E-state index contributed by atoms with van der Waals surface area (Å²) >= 11 is 0. The maximum atomic E-state index is 5.29. The van der Waals surface area contributed by atoms with Gasteiger partial charge in [0.15, 0.2) is 0 Å². The average Bonchev–Trinajstić information content (AvgIpc) is 2.82. The van der Waals surface area contributed by atoms with Gasteiger partial charge in [0.2, 0.25) is 0 Å². The number of furan rings is 1. The van der Waals surface area contributed by atoms with Crippen molar-refractivity contribution in [3.63, 3.8) is 0 Å². The van der Waals surface area contributed by atoms with Gasteiger partial charge in [-0.25, -0.2) is 0 Å². The highest BCUT2D eigenvalue weighted by molar-refractivity contribution is 4.97. The van der Waals surface area contributed by atoms with E-state index in [2.05, 4.69) is 31.0 Å². The Kier molecular flexibility index (Phi) is 7.01. The quantitative estimate of drug-likeness (QED) is 0.732. The van der Waals surface area contributed by atoms with E-state index >= 15 is 0 Å². The molecule has 0 bridgehead atoms. The molecule has 4 nitrogen and oxygen atoms in total. The Bertz CT molecular complexity index is 299. The molecule has 1 rings (SSSR count). The van der Waals surface area contributed by atoms with Crippen LogP contribution in [0.2, 0.25) is 0 Å². The fourth-order valence-electron chi connectivity index (χ4n) is 2.12. The molecule has 1 heterocycles. The lowest BCUT2D eigenvalue weighted by Gasteiger charge is -2.32. The second-order valence-corrected chi connectivity index (χ2v) is 4.88. The molecule has 0 radical (unpaired) electrons. The van der Waals surface area contributed by atoms with Crippen LogP contribution in [0.1, 0.15) is 26.5 Å². The van der Waals surface area contributed by atoms with Crippen LogP contribution in [0.15, 0.2) is 22.8 Å². The molecule has 0 spiro atoms. The lowest BCUT2D eigenvalue weighted by Crippen LogP contribution is -2.45. The molecule has 18 heavy (non-hydrogen) atoms. The first-order valence-electron chi connectivity index (χ1n) is 6.63. The summed E-state index contributed by atoms with van der Waals surface area (Å²) in [7, 11) is 1.75. The predicted octanol–water partition coefficient (Wildman–Crippen LogP) is 2.11. The number of hydrogen-bond donors (Lipinski definition) is 1. The fraction of sp³-hybridized carbons (Fsp3) is 0.714. The molecule has 0 aliphatic heterocycles. The van der Waals surface area contributed by atoms with Crippen LogP contribution in [0.25, 0.3) is 0 Å².